The van der Waals surface area contributed by atoms with Gasteiger partial charge in [0.05, 0.1) is 42.2 Å². The van der Waals surface area contributed by atoms with E-state index < -0.39 is 17.8 Å². The Morgan fingerprint density at radius 1 is 0.931 bits per heavy atom. The number of hydrogen-bond donors (Lipinski definition) is 0. The first kappa shape index (κ1) is 19.4. The van der Waals surface area contributed by atoms with Crippen LogP contribution in [0.15, 0.2) is 24.3 Å². The van der Waals surface area contributed by atoms with Gasteiger partial charge in [0.25, 0.3) is 0 Å². The highest BCUT2D eigenvalue weighted by atomic mass is 16.5. The zero-order chi connectivity index (χ0) is 20.4. The van der Waals surface area contributed by atoms with Gasteiger partial charge in [-0.1, -0.05) is 12.1 Å². The average Bonchev–Trinajstić information content (AvgIpc) is 2.93. The largest absolute Gasteiger partial charge is 0.379 e. The van der Waals surface area contributed by atoms with Crippen LogP contribution in [0.1, 0.15) is 17.8 Å². The number of aromatic nitrogens is 2. The molecule has 0 radical (unpaired) electrons. The normalized spacial score (nSPS) is 18.3. The molecule has 3 heterocycles. The summed E-state index contributed by atoms with van der Waals surface area (Å²) in [6, 6.07) is 6.81. The van der Waals surface area contributed by atoms with Crippen molar-refractivity contribution in [1.82, 2.24) is 24.7 Å². The number of aryl methyl sites for hydroxylation is 1. The minimum absolute atomic E-state index is 0.0625. The fourth-order valence-electron chi connectivity index (χ4n) is 3.59. The second kappa shape index (κ2) is 8.22. The van der Waals surface area contributed by atoms with Crippen LogP contribution in [0.3, 0.4) is 0 Å². The summed E-state index contributed by atoms with van der Waals surface area (Å²) in [5.41, 5.74) is 2.56. The average molecular weight is 397 g/mol. The van der Waals surface area contributed by atoms with Crippen LogP contribution in [0.5, 0.6) is 0 Å². The van der Waals surface area contributed by atoms with E-state index in [1.54, 1.807) is 6.92 Å². The molecule has 0 saturated carbocycles. The molecule has 9 heteroatoms. The summed E-state index contributed by atoms with van der Waals surface area (Å²) in [5.74, 6) is -1.58. The van der Waals surface area contributed by atoms with Crippen molar-refractivity contribution in [3.63, 3.8) is 0 Å². The number of amides is 4. The van der Waals surface area contributed by atoms with E-state index in [1.165, 1.54) is 0 Å². The number of imide groups is 2. The van der Waals surface area contributed by atoms with Crippen molar-refractivity contribution in [2.24, 2.45) is 0 Å². The van der Waals surface area contributed by atoms with Crippen LogP contribution >= 0.6 is 0 Å². The molecular formula is C20H23N5O4. The van der Waals surface area contributed by atoms with Crippen LogP contribution < -0.4 is 0 Å². The van der Waals surface area contributed by atoms with Crippen molar-refractivity contribution in [2.75, 3.05) is 39.4 Å². The molecule has 0 unspecified atom stereocenters. The highest BCUT2D eigenvalue weighted by Gasteiger charge is 2.44. The molecule has 2 aromatic rings. The third-order valence-corrected chi connectivity index (χ3v) is 5.25. The Balaban J connectivity index is 1.43. The van der Waals surface area contributed by atoms with Gasteiger partial charge < -0.3 is 4.74 Å². The minimum Gasteiger partial charge on any atom is -0.379 e. The van der Waals surface area contributed by atoms with E-state index in [4.69, 9.17) is 4.74 Å². The minimum atomic E-state index is -0.810. The second-order valence-electron chi connectivity index (χ2n) is 7.18. The van der Waals surface area contributed by atoms with Gasteiger partial charge in [0.15, 0.2) is 0 Å². The number of hydrogen-bond acceptors (Lipinski definition) is 7. The number of rotatable bonds is 6. The Bertz CT molecular complexity index is 957. The van der Waals surface area contributed by atoms with Gasteiger partial charge in [-0.2, -0.15) is 0 Å². The number of nitrogens with zero attached hydrogens (tertiary/aromatic N) is 5. The molecule has 0 atom stereocenters. The summed E-state index contributed by atoms with van der Waals surface area (Å²) in [5, 5.41) is 0. The Kier molecular flexibility index (Phi) is 5.50. The molecule has 0 N–H and O–H groups in total. The van der Waals surface area contributed by atoms with E-state index in [1.807, 2.05) is 24.3 Å². The van der Waals surface area contributed by atoms with Crippen LogP contribution in [0.4, 0.5) is 4.79 Å². The number of ether oxygens (including phenoxy) is 1. The molecule has 4 rings (SSSR count). The summed E-state index contributed by atoms with van der Waals surface area (Å²) in [7, 11) is 0. The third-order valence-electron chi connectivity index (χ3n) is 5.25. The van der Waals surface area contributed by atoms with E-state index in [0.29, 0.717) is 36.5 Å². The van der Waals surface area contributed by atoms with E-state index in [2.05, 4.69) is 14.9 Å². The zero-order valence-corrected chi connectivity index (χ0v) is 16.3. The summed E-state index contributed by atoms with van der Waals surface area (Å²) in [6.45, 7) is 5.76. The lowest BCUT2D eigenvalue weighted by Gasteiger charge is -2.27. The fourth-order valence-corrected chi connectivity index (χ4v) is 3.59. The fraction of sp³-hybridized carbons (Fsp3) is 0.450. The lowest BCUT2D eigenvalue weighted by molar-refractivity contribution is -0.143. The number of morpholine rings is 1. The van der Waals surface area contributed by atoms with Crippen LogP contribution in [-0.2, 0) is 20.9 Å². The molecule has 9 nitrogen and oxygen atoms in total. The molecule has 152 valence electrons. The maximum Gasteiger partial charge on any atom is 0.334 e. The standard InChI is InChI=1S/C20H23N5O4/c1-14-17(22-16-6-3-2-5-15(16)21-14)13-25-19(27)18(26)24(20(25)28)8-4-7-23-9-11-29-12-10-23/h2-3,5-6H,4,7-13H2,1H3. The zero-order valence-electron chi connectivity index (χ0n) is 16.3. The monoisotopic (exact) mass is 397 g/mol. The van der Waals surface area contributed by atoms with Gasteiger partial charge >= 0.3 is 17.8 Å². The van der Waals surface area contributed by atoms with Crippen LogP contribution in [0.25, 0.3) is 11.0 Å². The molecule has 1 aromatic carbocycles. The van der Waals surface area contributed by atoms with Crippen molar-refractivity contribution < 1.29 is 19.1 Å². The molecule has 0 spiro atoms. The van der Waals surface area contributed by atoms with E-state index in [9.17, 15) is 14.4 Å². The van der Waals surface area contributed by atoms with Crippen LogP contribution in [-0.4, -0.2) is 81.9 Å². The molecule has 29 heavy (non-hydrogen) atoms. The van der Waals surface area contributed by atoms with Gasteiger partial charge in [0.1, 0.15) is 0 Å². The van der Waals surface area contributed by atoms with Gasteiger partial charge in [-0.15, -0.1) is 0 Å². The summed E-state index contributed by atoms with van der Waals surface area (Å²) in [6.07, 6.45) is 0.618. The number of carbonyl (C=O) groups is 3. The van der Waals surface area contributed by atoms with Gasteiger partial charge in [-0.05, 0) is 25.5 Å². The smallest absolute Gasteiger partial charge is 0.334 e. The number of para-hydroxylation sites is 2. The topological polar surface area (TPSA) is 95.9 Å². The SMILES string of the molecule is Cc1nc2ccccc2nc1CN1C(=O)C(=O)N(CCCN2CCOCC2)C1=O. The maximum absolute atomic E-state index is 12.7. The Labute approximate surface area is 168 Å². The number of benzene rings is 1. The van der Waals surface area contributed by atoms with E-state index in [0.717, 1.165) is 35.0 Å². The van der Waals surface area contributed by atoms with Crippen molar-refractivity contribution in [2.45, 2.75) is 19.9 Å². The molecular weight excluding hydrogens is 374 g/mol. The molecule has 2 saturated heterocycles. The van der Waals surface area contributed by atoms with Gasteiger partial charge in [0.2, 0.25) is 0 Å². The lowest BCUT2D eigenvalue weighted by atomic mass is 10.2. The molecule has 0 bridgehead atoms. The Morgan fingerprint density at radius 2 is 1.59 bits per heavy atom. The van der Waals surface area contributed by atoms with Gasteiger partial charge in [-0.25, -0.2) is 19.7 Å². The van der Waals surface area contributed by atoms with Gasteiger partial charge in [-0.3, -0.25) is 19.4 Å². The molecule has 0 aliphatic carbocycles. The third kappa shape index (κ3) is 3.96. The lowest BCUT2D eigenvalue weighted by Crippen LogP contribution is -2.39. The Hall–Kier alpha value is -2.91. The maximum atomic E-state index is 12.7. The highest BCUT2D eigenvalue weighted by molar-refractivity contribution is 6.44. The Morgan fingerprint density at radius 3 is 2.31 bits per heavy atom. The first-order valence-electron chi connectivity index (χ1n) is 9.74. The molecule has 1 aromatic heterocycles. The van der Waals surface area contributed by atoms with Gasteiger partial charge in [0, 0.05) is 26.2 Å². The quantitative estimate of drug-likeness (QED) is 0.529. The van der Waals surface area contributed by atoms with Crippen molar-refractivity contribution in [3.05, 3.63) is 35.7 Å². The first-order chi connectivity index (χ1) is 14.0. The van der Waals surface area contributed by atoms with Crippen LogP contribution in [0, 0.1) is 6.92 Å². The number of fused-ring (bicyclic) bond motifs is 1. The van der Waals surface area contributed by atoms with E-state index >= 15 is 0 Å². The van der Waals surface area contributed by atoms with E-state index in [-0.39, 0.29) is 13.1 Å². The molecule has 2 aliphatic rings. The summed E-state index contributed by atoms with van der Waals surface area (Å²) < 4.78 is 5.31. The summed E-state index contributed by atoms with van der Waals surface area (Å²) >= 11 is 0. The van der Waals surface area contributed by atoms with Crippen molar-refractivity contribution >= 4 is 28.9 Å². The van der Waals surface area contributed by atoms with Crippen LogP contribution in [0.2, 0.25) is 0 Å². The number of urea groups is 1. The molecule has 4 amide bonds. The molecule has 2 aliphatic heterocycles. The predicted octanol–water partition coefficient (Wildman–Crippen LogP) is 0.951. The van der Waals surface area contributed by atoms with Crippen molar-refractivity contribution in [1.29, 1.82) is 0 Å². The summed E-state index contributed by atoms with van der Waals surface area (Å²) in [4.78, 5) is 50.7. The van der Waals surface area contributed by atoms with Crippen molar-refractivity contribution in [3.8, 4) is 0 Å². The predicted molar refractivity (Wildman–Crippen MR) is 104 cm³/mol. The number of carbonyl (C=O) groups excluding carboxylic acids is 3. The molecule has 2 fully saturated rings. The highest BCUT2D eigenvalue weighted by Crippen LogP contribution is 2.19. The second-order valence-corrected chi connectivity index (χ2v) is 7.18. The first-order valence-corrected chi connectivity index (χ1v) is 9.74.